The van der Waals surface area contributed by atoms with Gasteiger partial charge >= 0.3 is 0 Å². The van der Waals surface area contributed by atoms with Gasteiger partial charge in [0.2, 0.25) is 10.0 Å². The number of nitrogens with one attached hydrogen (secondary N) is 2. The van der Waals surface area contributed by atoms with Crippen LogP contribution in [-0.2, 0) is 16.6 Å². The monoisotopic (exact) mass is 335 g/mol. The number of halogens is 2. The fraction of sp³-hybridized carbons (Fsp3) is 0.538. The van der Waals surface area contributed by atoms with Crippen molar-refractivity contribution in [3.05, 3.63) is 28.5 Å². The summed E-state index contributed by atoms with van der Waals surface area (Å²) in [4.78, 5) is 1.95. The SMILES string of the molecule is CNCc1cc(S(=O)(=O)NC2CCN(C)C2)cc(F)c1Cl. The minimum atomic E-state index is -3.75. The molecule has 21 heavy (non-hydrogen) atoms. The van der Waals surface area contributed by atoms with Gasteiger partial charge in [-0.3, -0.25) is 0 Å². The van der Waals surface area contributed by atoms with Gasteiger partial charge in [0.05, 0.1) is 9.92 Å². The summed E-state index contributed by atoms with van der Waals surface area (Å²) in [7, 11) is -0.136. The average Bonchev–Trinajstić information content (AvgIpc) is 2.79. The number of sulfonamides is 1. The molecule has 0 aliphatic carbocycles. The van der Waals surface area contributed by atoms with Crippen LogP contribution in [0.2, 0.25) is 5.02 Å². The molecule has 0 amide bonds. The molecule has 1 aliphatic rings. The maximum Gasteiger partial charge on any atom is 0.240 e. The zero-order valence-corrected chi connectivity index (χ0v) is 13.6. The van der Waals surface area contributed by atoms with Crippen LogP contribution >= 0.6 is 11.6 Å². The number of nitrogens with zero attached hydrogens (tertiary/aromatic N) is 1. The lowest BCUT2D eigenvalue weighted by Gasteiger charge is -2.15. The molecule has 1 unspecified atom stereocenters. The van der Waals surface area contributed by atoms with Gasteiger partial charge in [-0.1, -0.05) is 11.6 Å². The van der Waals surface area contributed by atoms with Gasteiger partial charge in [0.25, 0.3) is 0 Å². The second-order valence-electron chi connectivity index (χ2n) is 5.28. The van der Waals surface area contributed by atoms with Crippen molar-refractivity contribution in [3.63, 3.8) is 0 Å². The highest BCUT2D eigenvalue weighted by molar-refractivity contribution is 7.89. The van der Waals surface area contributed by atoms with Crippen molar-refractivity contribution in [2.24, 2.45) is 0 Å². The van der Waals surface area contributed by atoms with Crippen molar-refractivity contribution in [1.29, 1.82) is 0 Å². The molecule has 0 saturated carbocycles. The fourth-order valence-corrected chi connectivity index (χ4v) is 3.91. The number of likely N-dealkylation sites (N-methyl/N-ethyl adjacent to an activating group) is 1. The first-order chi connectivity index (χ1) is 9.83. The van der Waals surface area contributed by atoms with E-state index in [1.54, 1.807) is 7.05 Å². The highest BCUT2D eigenvalue weighted by atomic mass is 35.5. The second-order valence-corrected chi connectivity index (χ2v) is 7.37. The van der Waals surface area contributed by atoms with Crippen molar-refractivity contribution in [2.45, 2.75) is 23.9 Å². The molecule has 0 bridgehead atoms. The third-order valence-electron chi connectivity index (χ3n) is 3.47. The van der Waals surface area contributed by atoms with Crippen molar-refractivity contribution in [1.82, 2.24) is 14.9 Å². The third kappa shape index (κ3) is 3.92. The smallest absolute Gasteiger partial charge is 0.240 e. The molecule has 8 heteroatoms. The quantitative estimate of drug-likeness (QED) is 0.848. The lowest BCUT2D eigenvalue weighted by molar-refractivity contribution is 0.407. The van der Waals surface area contributed by atoms with E-state index < -0.39 is 15.8 Å². The molecule has 0 radical (unpaired) electrons. The van der Waals surface area contributed by atoms with Gasteiger partial charge in [-0.15, -0.1) is 0 Å². The highest BCUT2D eigenvalue weighted by Gasteiger charge is 2.26. The van der Waals surface area contributed by atoms with Crippen LogP contribution in [0.5, 0.6) is 0 Å². The third-order valence-corrected chi connectivity index (χ3v) is 5.39. The Hall–Kier alpha value is -0.730. The van der Waals surface area contributed by atoms with E-state index >= 15 is 0 Å². The molecule has 1 aromatic carbocycles. The summed E-state index contributed by atoms with van der Waals surface area (Å²) >= 11 is 5.85. The number of benzene rings is 1. The molecule has 1 aromatic rings. The topological polar surface area (TPSA) is 61.4 Å². The van der Waals surface area contributed by atoms with Crippen LogP contribution in [0.4, 0.5) is 4.39 Å². The summed E-state index contributed by atoms with van der Waals surface area (Å²) in [5.74, 6) is -0.728. The Kier molecular flexibility index (Phi) is 5.21. The van der Waals surface area contributed by atoms with E-state index in [4.69, 9.17) is 11.6 Å². The predicted octanol–water partition coefficient (Wildman–Crippen LogP) is 1.18. The maximum atomic E-state index is 13.8. The van der Waals surface area contributed by atoms with Crippen LogP contribution in [0.15, 0.2) is 17.0 Å². The van der Waals surface area contributed by atoms with Crippen LogP contribution < -0.4 is 10.0 Å². The molecule has 1 fully saturated rings. The maximum absolute atomic E-state index is 13.8. The molecule has 0 spiro atoms. The highest BCUT2D eigenvalue weighted by Crippen LogP contribution is 2.25. The van der Waals surface area contributed by atoms with Crippen LogP contribution in [0.3, 0.4) is 0 Å². The Labute approximate surface area is 129 Å². The van der Waals surface area contributed by atoms with Gasteiger partial charge in [-0.25, -0.2) is 17.5 Å². The Bertz CT molecular complexity index is 624. The Morgan fingerprint density at radius 3 is 2.76 bits per heavy atom. The summed E-state index contributed by atoms with van der Waals surface area (Å²) in [6.45, 7) is 1.79. The van der Waals surface area contributed by atoms with Gasteiger partial charge in [0, 0.05) is 19.1 Å². The van der Waals surface area contributed by atoms with Gasteiger partial charge in [-0.2, -0.15) is 0 Å². The molecule has 2 N–H and O–H groups in total. The lowest BCUT2D eigenvalue weighted by Crippen LogP contribution is -2.36. The van der Waals surface area contributed by atoms with Crippen LogP contribution in [0.1, 0.15) is 12.0 Å². The van der Waals surface area contributed by atoms with E-state index in [0.717, 1.165) is 19.0 Å². The van der Waals surface area contributed by atoms with E-state index in [-0.39, 0.29) is 16.0 Å². The van der Waals surface area contributed by atoms with E-state index in [2.05, 4.69) is 10.0 Å². The van der Waals surface area contributed by atoms with E-state index in [1.165, 1.54) is 6.07 Å². The minimum absolute atomic E-state index is 0.0519. The first-order valence-electron chi connectivity index (χ1n) is 6.67. The van der Waals surface area contributed by atoms with Crippen molar-refractivity contribution in [3.8, 4) is 0 Å². The van der Waals surface area contributed by atoms with Gasteiger partial charge in [-0.05, 0) is 44.8 Å². The summed E-state index contributed by atoms with van der Waals surface area (Å²) < 4.78 is 41.1. The first-order valence-corrected chi connectivity index (χ1v) is 8.53. The van der Waals surface area contributed by atoms with Gasteiger partial charge < -0.3 is 10.2 Å². The predicted molar refractivity (Wildman–Crippen MR) is 80.4 cm³/mol. The summed E-state index contributed by atoms with van der Waals surface area (Å²) in [6.07, 6.45) is 0.745. The Morgan fingerprint density at radius 1 is 1.48 bits per heavy atom. The first kappa shape index (κ1) is 16.6. The lowest BCUT2D eigenvalue weighted by atomic mass is 10.2. The average molecular weight is 336 g/mol. The normalized spacial score (nSPS) is 20.1. The molecule has 118 valence electrons. The summed E-state index contributed by atoms with van der Waals surface area (Å²) in [5, 5.41) is 2.78. The van der Waals surface area contributed by atoms with Crippen molar-refractivity contribution < 1.29 is 12.8 Å². The second kappa shape index (κ2) is 6.58. The fourth-order valence-electron chi connectivity index (χ4n) is 2.41. The number of rotatable bonds is 5. The molecule has 5 nitrogen and oxygen atoms in total. The van der Waals surface area contributed by atoms with Gasteiger partial charge in [0.15, 0.2) is 0 Å². The van der Waals surface area contributed by atoms with E-state index in [1.807, 2.05) is 11.9 Å². The van der Waals surface area contributed by atoms with E-state index in [9.17, 15) is 12.8 Å². The summed E-state index contributed by atoms with van der Waals surface area (Å²) in [5.41, 5.74) is 0.420. The minimum Gasteiger partial charge on any atom is -0.316 e. The van der Waals surface area contributed by atoms with Crippen molar-refractivity contribution in [2.75, 3.05) is 27.2 Å². The number of hydrogen-bond acceptors (Lipinski definition) is 4. The molecular formula is C13H19ClFN3O2S. The molecule has 1 heterocycles. The largest absolute Gasteiger partial charge is 0.316 e. The standard InChI is InChI=1S/C13H19ClFN3O2S/c1-16-7-9-5-11(6-12(15)13(9)14)21(19,20)17-10-3-4-18(2)8-10/h5-6,10,16-17H,3-4,7-8H2,1-2H3. The Balaban J connectivity index is 2.27. The Morgan fingerprint density at radius 2 is 2.19 bits per heavy atom. The molecule has 2 rings (SSSR count). The van der Waals surface area contributed by atoms with Gasteiger partial charge in [0.1, 0.15) is 5.82 Å². The number of likely N-dealkylation sites (tertiary alicyclic amines) is 1. The summed E-state index contributed by atoms with van der Waals surface area (Å²) in [6, 6.07) is 2.22. The zero-order chi connectivity index (χ0) is 15.6. The molecular weight excluding hydrogens is 317 g/mol. The number of hydrogen-bond donors (Lipinski definition) is 2. The van der Waals surface area contributed by atoms with Crippen LogP contribution in [0, 0.1) is 5.82 Å². The molecule has 1 atom stereocenters. The molecule has 1 saturated heterocycles. The molecule has 1 aliphatic heterocycles. The zero-order valence-electron chi connectivity index (χ0n) is 12.0. The van der Waals surface area contributed by atoms with Crippen LogP contribution in [-0.4, -0.2) is 46.5 Å². The van der Waals surface area contributed by atoms with E-state index in [0.29, 0.717) is 18.7 Å². The van der Waals surface area contributed by atoms with Crippen LogP contribution in [0.25, 0.3) is 0 Å². The van der Waals surface area contributed by atoms with Crippen molar-refractivity contribution >= 4 is 21.6 Å². The molecule has 0 aromatic heterocycles.